The van der Waals surface area contributed by atoms with Gasteiger partial charge in [-0.25, -0.2) is 0 Å². The Kier molecular flexibility index (Phi) is 4.12. The van der Waals surface area contributed by atoms with Crippen molar-refractivity contribution in [2.45, 2.75) is 25.4 Å². The number of nitrogens with zero attached hydrogens (tertiary/aromatic N) is 1. The molecule has 18 heavy (non-hydrogen) atoms. The highest BCUT2D eigenvalue weighted by Crippen LogP contribution is 2.30. The van der Waals surface area contributed by atoms with Gasteiger partial charge in [0.2, 0.25) is 0 Å². The molecule has 2 atom stereocenters. The fraction of sp³-hybridized carbons (Fsp3) is 0.357. The fourth-order valence-electron chi connectivity index (χ4n) is 1.98. The molecule has 0 saturated carbocycles. The number of aliphatic hydroxyl groups is 1. The maximum absolute atomic E-state index is 10.3. The molecule has 0 aliphatic carbocycles. The summed E-state index contributed by atoms with van der Waals surface area (Å²) in [5.41, 5.74) is 6.67. The van der Waals surface area contributed by atoms with Crippen molar-refractivity contribution in [3.8, 4) is 0 Å². The molecule has 0 amide bonds. The second kappa shape index (κ2) is 5.80. The molecule has 96 valence electrons. The van der Waals surface area contributed by atoms with Gasteiger partial charge in [0, 0.05) is 31.3 Å². The van der Waals surface area contributed by atoms with Gasteiger partial charge < -0.3 is 15.3 Å². The fourth-order valence-corrected chi connectivity index (χ4v) is 1.98. The van der Waals surface area contributed by atoms with Crippen LogP contribution in [0.25, 0.3) is 0 Å². The molecule has 0 spiro atoms. The summed E-state index contributed by atoms with van der Waals surface area (Å²) in [6.45, 7) is 2.35. The molecule has 0 saturated heterocycles. The lowest BCUT2D eigenvalue weighted by molar-refractivity contribution is 0.120. The number of rotatable bonds is 5. The van der Waals surface area contributed by atoms with E-state index < -0.39 is 6.10 Å². The highest BCUT2D eigenvalue weighted by atomic mass is 16.4. The Labute approximate surface area is 106 Å². The van der Waals surface area contributed by atoms with Crippen molar-refractivity contribution in [1.29, 1.82) is 0 Å². The van der Waals surface area contributed by atoms with E-state index >= 15 is 0 Å². The molecule has 0 aromatic carbocycles. The summed E-state index contributed by atoms with van der Waals surface area (Å²) >= 11 is 0. The van der Waals surface area contributed by atoms with Gasteiger partial charge in [0.25, 0.3) is 0 Å². The number of aryl methyl sites for hydroxylation is 1. The van der Waals surface area contributed by atoms with Crippen molar-refractivity contribution in [2.24, 2.45) is 5.73 Å². The van der Waals surface area contributed by atoms with Crippen LogP contribution in [0, 0.1) is 0 Å². The van der Waals surface area contributed by atoms with E-state index in [1.54, 1.807) is 12.4 Å². The molecule has 3 N–H and O–H groups in total. The first-order valence-corrected chi connectivity index (χ1v) is 6.13. The van der Waals surface area contributed by atoms with Crippen molar-refractivity contribution in [3.05, 3.63) is 53.7 Å². The molecule has 2 unspecified atom stereocenters. The van der Waals surface area contributed by atoms with Gasteiger partial charge in [0.05, 0.1) is 0 Å². The Hall–Kier alpha value is -1.65. The molecule has 2 heterocycles. The van der Waals surface area contributed by atoms with Crippen LogP contribution in [0.15, 0.2) is 41.1 Å². The van der Waals surface area contributed by atoms with Crippen molar-refractivity contribution in [2.75, 3.05) is 6.54 Å². The van der Waals surface area contributed by atoms with E-state index in [9.17, 15) is 5.11 Å². The minimum absolute atomic E-state index is 0.199. The number of hydrogen-bond donors (Lipinski definition) is 2. The first-order chi connectivity index (χ1) is 8.76. The summed E-state index contributed by atoms with van der Waals surface area (Å²) in [6.07, 6.45) is 3.50. The van der Waals surface area contributed by atoms with Crippen LogP contribution < -0.4 is 5.73 Å². The summed E-state index contributed by atoms with van der Waals surface area (Å²) in [7, 11) is 0. The Balaban J connectivity index is 2.22. The summed E-state index contributed by atoms with van der Waals surface area (Å²) in [4.78, 5) is 4.05. The Morgan fingerprint density at radius 1 is 1.39 bits per heavy atom. The van der Waals surface area contributed by atoms with E-state index in [1.165, 1.54) is 0 Å². The normalized spacial score (nSPS) is 14.4. The van der Waals surface area contributed by atoms with Gasteiger partial charge in [-0.15, -0.1) is 0 Å². The first-order valence-electron chi connectivity index (χ1n) is 6.13. The lowest BCUT2D eigenvalue weighted by atomic mass is 9.93. The minimum atomic E-state index is -0.737. The lowest BCUT2D eigenvalue weighted by Crippen LogP contribution is -2.20. The zero-order valence-corrected chi connectivity index (χ0v) is 10.4. The van der Waals surface area contributed by atoms with Crippen LogP contribution in [-0.4, -0.2) is 16.6 Å². The zero-order chi connectivity index (χ0) is 13.0. The van der Waals surface area contributed by atoms with Gasteiger partial charge in [0.1, 0.15) is 17.6 Å². The highest BCUT2D eigenvalue weighted by molar-refractivity contribution is 5.21. The third-order valence-electron chi connectivity index (χ3n) is 3.07. The lowest BCUT2D eigenvalue weighted by Gasteiger charge is -2.19. The van der Waals surface area contributed by atoms with Crippen LogP contribution >= 0.6 is 0 Å². The molecule has 0 aliphatic heterocycles. The van der Waals surface area contributed by atoms with Crippen LogP contribution in [0.4, 0.5) is 0 Å². The molecule has 0 fully saturated rings. The Bertz CT molecular complexity index is 482. The molecule has 0 aliphatic rings. The number of hydrogen-bond acceptors (Lipinski definition) is 4. The molecule has 2 aromatic heterocycles. The maximum Gasteiger partial charge on any atom is 0.133 e. The summed E-state index contributed by atoms with van der Waals surface area (Å²) in [5.74, 6) is 1.23. The number of pyridine rings is 1. The second-order valence-electron chi connectivity index (χ2n) is 4.23. The number of aromatic nitrogens is 1. The average molecular weight is 246 g/mol. The van der Waals surface area contributed by atoms with Gasteiger partial charge in [-0.3, -0.25) is 4.98 Å². The Morgan fingerprint density at radius 3 is 2.78 bits per heavy atom. The predicted molar refractivity (Wildman–Crippen MR) is 69.1 cm³/mol. The van der Waals surface area contributed by atoms with Gasteiger partial charge in [-0.05, 0) is 23.8 Å². The maximum atomic E-state index is 10.3. The molecule has 0 bridgehead atoms. The molecular weight excluding hydrogens is 228 g/mol. The van der Waals surface area contributed by atoms with Crippen molar-refractivity contribution in [1.82, 2.24) is 4.98 Å². The molecular formula is C14H18N2O2. The largest absolute Gasteiger partial charge is 0.463 e. The summed E-state index contributed by atoms with van der Waals surface area (Å²) in [5, 5.41) is 10.3. The molecule has 2 aromatic rings. The molecule has 0 radical (unpaired) electrons. The van der Waals surface area contributed by atoms with Gasteiger partial charge in [0.15, 0.2) is 0 Å². The summed E-state index contributed by atoms with van der Waals surface area (Å²) in [6, 6.07) is 7.44. The summed E-state index contributed by atoms with van der Waals surface area (Å²) < 4.78 is 5.57. The highest BCUT2D eigenvalue weighted by Gasteiger charge is 2.24. The quantitative estimate of drug-likeness (QED) is 0.846. The Morgan fingerprint density at radius 2 is 2.22 bits per heavy atom. The van der Waals surface area contributed by atoms with E-state index in [0.717, 1.165) is 17.7 Å². The average Bonchev–Trinajstić information content (AvgIpc) is 2.89. The van der Waals surface area contributed by atoms with E-state index in [-0.39, 0.29) is 5.92 Å². The number of aliphatic hydroxyl groups excluding tert-OH is 1. The first kappa shape index (κ1) is 12.8. The second-order valence-corrected chi connectivity index (χ2v) is 4.23. The smallest absolute Gasteiger partial charge is 0.133 e. The molecule has 4 heteroatoms. The van der Waals surface area contributed by atoms with Crippen LogP contribution in [0.1, 0.15) is 36.0 Å². The predicted octanol–water partition coefficient (Wildman–Crippen LogP) is 2.01. The molecule has 2 rings (SSSR count). The van der Waals surface area contributed by atoms with E-state index in [1.807, 2.05) is 31.2 Å². The van der Waals surface area contributed by atoms with Crippen molar-refractivity contribution >= 4 is 0 Å². The number of nitrogens with two attached hydrogens (primary N) is 1. The van der Waals surface area contributed by atoms with Crippen LogP contribution in [0.2, 0.25) is 0 Å². The topological polar surface area (TPSA) is 72.3 Å². The van der Waals surface area contributed by atoms with Crippen molar-refractivity contribution in [3.63, 3.8) is 0 Å². The van der Waals surface area contributed by atoms with Crippen LogP contribution in [0.5, 0.6) is 0 Å². The monoisotopic (exact) mass is 246 g/mol. The van der Waals surface area contributed by atoms with E-state index in [0.29, 0.717) is 12.3 Å². The van der Waals surface area contributed by atoms with Crippen LogP contribution in [0.3, 0.4) is 0 Å². The third-order valence-corrected chi connectivity index (χ3v) is 3.07. The van der Waals surface area contributed by atoms with Gasteiger partial charge >= 0.3 is 0 Å². The van der Waals surface area contributed by atoms with Crippen molar-refractivity contribution < 1.29 is 9.52 Å². The minimum Gasteiger partial charge on any atom is -0.463 e. The molecule has 4 nitrogen and oxygen atoms in total. The standard InChI is InChI=1S/C14H18N2O2/c1-2-11-5-6-13(18-11)14(17)12(8-15)10-4-3-7-16-9-10/h3-7,9,12,14,17H,2,8,15H2,1H3. The zero-order valence-electron chi connectivity index (χ0n) is 10.4. The SMILES string of the molecule is CCc1ccc(C(O)C(CN)c2cccnc2)o1. The van der Waals surface area contributed by atoms with Gasteiger partial charge in [-0.1, -0.05) is 13.0 Å². The van der Waals surface area contributed by atoms with Crippen LogP contribution in [-0.2, 0) is 6.42 Å². The van der Waals surface area contributed by atoms with E-state index in [2.05, 4.69) is 4.98 Å². The third kappa shape index (κ3) is 2.60. The van der Waals surface area contributed by atoms with Gasteiger partial charge in [-0.2, -0.15) is 0 Å². The van der Waals surface area contributed by atoms with E-state index in [4.69, 9.17) is 10.2 Å². The number of furan rings is 1.